The first kappa shape index (κ1) is 40.5. The summed E-state index contributed by atoms with van der Waals surface area (Å²) < 4.78 is 0. The van der Waals surface area contributed by atoms with E-state index in [1.165, 1.54) is 49.5 Å². The van der Waals surface area contributed by atoms with Crippen molar-refractivity contribution in [3.05, 3.63) is 131 Å². The lowest BCUT2D eigenvalue weighted by Gasteiger charge is -2.26. The maximum atomic E-state index is 5.71. The van der Waals surface area contributed by atoms with E-state index in [9.17, 15) is 0 Å². The Morgan fingerprint density at radius 2 is 1.02 bits per heavy atom. The standard InChI is InChI=1S/C56H63N3/c1-52(2,3)37-19-21-47-42(30-37)44-31-40(55(10,11)12)32-45(51(44)59-47)49-28-35(34-23-38(53(4,5)6)29-39(24-34)54(7,8)9)27-48(58-49)36-25-43-41(46(26-36)56(13,14)15)20-18-33-17-16-22-57-50(33)43/h16-32,59H,1-15H3. The van der Waals surface area contributed by atoms with Crippen molar-refractivity contribution in [3.63, 3.8) is 0 Å². The molecule has 3 heteroatoms. The SMILES string of the molecule is CC(C)(C)c1cc(-c2cc(-c3cc(C(C)(C)C)c4ccc5cccnc5c4c3)nc(-c3cc(C(C)(C)C)cc4c3[nH]c3ccc(C(C)(C)C)cc34)c2)cc(C(C)(C)C)c1. The molecule has 8 rings (SSSR count). The van der Waals surface area contributed by atoms with Crippen LogP contribution in [0.4, 0.5) is 0 Å². The summed E-state index contributed by atoms with van der Waals surface area (Å²) in [6.45, 7) is 34.7. The third-order valence-electron chi connectivity index (χ3n) is 12.3. The Balaban J connectivity index is 1.50. The Morgan fingerprint density at radius 3 is 1.64 bits per heavy atom. The topological polar surface area (TPSA) is 41.6 Å². The zero-order chi connectivity index (χ0) is 42.6. The highest BCUT2D eigenvalue weighted by Gasteiger charge is 2.26. The van der Waals surface area contributed by atoms with E-state index < -0.39 is 0 Å². The van der Waals surface area contributed by atoms with Crippen molar-refractivity contribution >= 4 is 43.5 Å². The van der Waals surface area contributed by atoms with Gasteiger partial charge < -0.3 is 4.98 Å². The lowest BCUT2D eigenvalue weighted by Crippen LogP contribution is -2.16. The summed E-state index contributed by atoms with van der Waals surface area (Å²) in [6.07, 6.45) is 1.91. The lowest BCUT2D eigenvalue weighted by molar-refractivity contribution is 0.569. The van der Waals surface area contributed by atoms with Gasteiger partial charge in [0.2, 0.25) is 0 Å². The van der Waals surface area contributed by atoms with Crippen molar-refractivity contribution in [1.29, 1.82) is 0 Å². The van der Waals surface area contributed by atoms with Crippen molar-refractivity contribution in [3.8, 4) is 33.6 Å². The normalized spacial score (nSPS) is 13.3. The molecule has 0 fully saturated rings. The summed E-state index contributed by atoms with van der Waals surface area (Å²) in [5.74, 6) is 0. The van der Waals surface area contributed by atoms with Gasteiger partial charge in [-0.25, -0.2) is 4.98 Å². The van der Waals surface area contributed by atoms with Crippen molar-refractivity contribution in [2.45, 2.75) is 131 Å². The highest BCUT2D eigenvalue weighted by atomic mass is 14.8. The van der Waals surface area contributed by atoms with Gasteiger partial charge in [0.25, 0.3) is 0 Å². The molecule has 3 heterocycles. The fraction of sp³-hybridized carbons (Fsp3) is 0.357. The second kappa shape index (κ2) is 13.6. The van der Waals surface area contributed by atoms with Gasteiger partial charge in [0.05, 0.1) is 22.4 Å². The lowest BCUT2D eigenvalue weighted by atomic mass is 9.78. The molecule has 3 aromatic heterocycles. The third-order valence-corrected chi connectivity index (χ3v) is 12.3. The maximum absolute atomic E-state index is 5.71. The summed E-state index contributed by atoms with van der Waals surface area (Å²) >= 11 is 0. The van der Waals surface area contributed by atoms with E-state index in [0.29, 0.717) is 0 Å². The first-order valence-corrected chi connectivity index (χ1v) is 21.5. The number of nitrogens with one attached hydrogen (secondary N) is 1. The van der Waals surface area contributed by atoms with Crippen LogP contribution in [0.15, 0.2) is 103 Å². The molecule has 0 aliphatic carbocycles. The van der Waals surface area contributed by atoms with Gasteiger partial charge in [0, 0.05) is 44.4 Å². The van der Waals surface area contributed by atoms with E-state index in [0.717, 1.165) is 55.4 Å². The molecule has 5 aromatic carbocycles. The number of aromatic nitrogens is 3. The van der Waals surface area contributed by atoms with Crippen LogP contribution in [0.3, 0.4) is 0 Å². The van der Waals surface area contributed by atoms with Crippen LogP contribution in [0, 0.1) is 0 Å². The average molecular weight is 778 g/mol. The van der Waals surface area contributed by atoms with E-state index in [4.69, 9.17) is 9.97 Å². The number of hydrogen-bond acceptors (Lipinski definition) is 2. The molecule has 0 saturated carbocycles. The molecule has 0 aliphatic heterocycles. The molecule has 1 N–H and O–H groups in total. The van der Waals surface area contributed by atoms with Crippen LogP contribution in [0.1, 0.15) is 132 Å². The fourth-order valence-electron chi connectivity index (χ4n) is 8.49. The molecule has 0 radical (unpaired) electrons. The third kappa shape index (κ3) is 7.58. The van der Waals surface area contributed by atoms with Crippen molar-refractivity contribution in [2.75, 3.05) is 0 Å². The second-order valence-corrected chi connectivity index (χ2v) is 22.3. The number of pyridine rings is 2. The molecular formula is C56H63N3. The smallest absolute Gasteiger partial charge is 0.0780 e. The van der Waals surface area contributed by atoms with Gasteiger partial charge in [-0.15, -0.1) is 0 Å². The molecule has 3 nitrogen and oxygen atoms in total. The van der Waals surface area contributed by atoms with Gasteiger partial charge in [-0.1, -0.05) is 146 Å². The number of aromatic amines is 1. The Labute approximate surface area is 352 Å². The van der Waals surface area contributed by atoms with Crippen LogP contribution in [0.25, 0.3) is 77.1 Å². The number of benzene rings is 5. The van der Waals surface area contributed by atoms with E-state index in [1.54, 1.807) is 0 Å². The monoisotopic (exact) mass is 778 g/mol. The first-order chi connectivity index (χ1) is 27.4. The molecule has 59 heavy (non-hydrogen) atoms. The summed E-state index contributed by atoms with van der Waals surface area (Å²) in [4.78, 5) is 14.6. The van der Waals surface area contributed by atoms with Crippen LogP contribution in [-0.4, -0.2) is 15.0 Å². The van der Waals surface area contributed by atoms with Crippen LogP contribution in [0.5, 0.6) is 0 Å². The first-order valence-electron chi connectivity index (χ1n) is 21.5. The number of nitrogens with zero attached hydrogens (tertiary/aromatic N) is 2. The molecule has 0 bridgehead atoms. The summed E-state index contributed by atoms with van der Waals surface area (Å²) in [7, 11) is 0. The van der Waals surface area contributed by atoms with Gasteiger partial charge in [-0.2, -0.15) is 0 Å². The zero-order valence-corrected chi connectivity index (χ0v) is 38.2. The van der Waals surface area contributed by atoms with Gasteiger partial charge in [0.15, 0.2) is 0 Å². The molecular weight excluding hydrogens is 715 g/mol. The summed E-state index contributed by atoms with van der Waals surface area (Å²) in [6, 6.07) is 37.0. The summed E-state index contributed by atoms with van der Waals surface area (Å²) in [5, 5.41) is 6.04. The zero-order valence-electron chi connectivity index (χ0n) is 38.2. The van der Waals surface area contributed by atoms with Gasteiger partial charge in [-0.3, -0.25) is 4.98 Å². The molecule has 0 atom stereocenters. The Hall–Kier alpha value is -5.28. The van der Waals surface area contributed by atoms with Crippen molar-refractivity contribution in [1.82, 2.24) is 15.0 Å². The van der Waals surface area contributed by atoms with Crippen LogP contribution in [-0.2, 0) is 27.1 Å². The number of fused-ring (bicyclic) bond motifs is 6. The maximum Gasteiger partial charge on any atom is 0.0780 e. The Morgan fingerprint density at radius 1 is 0.424 bits per heavy atom. The van der Waals surface area contributed by atoms with Crippen LogP contribution in [0.2, 0.25) is 0 Å². The van der Waals surface area contributed by atoms with E-state index in [1.807, 2.05) is 12.3 Å². The van der Waals surface area contributed by atoms with E-state index in [-0.39, 0.29) is 27.1 Å². The Bertz CT molecular complexity index is 2910. The largest absolute Gasteiger partial charge is 0.354 e. The molecule has 0 unspecified atom stereocenters. The fourth-order valence-corrected chi connectivity index (χ4v) is 8.49. The minimum absolute atomic E-state index is 0.0216. The molecule has 302 valence electrons. The van der Waals surface area contributed by atoms with Gasteiger partial charge in [-0.05, 0) is 126 Å². The minimum Gasteiger partial charge on any atom is -0.354 e. The van der Waals surface area contributed by atoms with Gasteiger partial charge in [0.1, 0.15) is 0 Å². The van der Waals surface area contributed by atoms with Crippen molar-refractivity contribution in [2.24, 2.45) is 0 Å². The van der Waals surface area contributed by atoms with E-state index in [2.05, 4.69) is 200 Å². The number of H-pyrrole nitrogens is 1. The predicted octanol–water partition coefficient (Wildman–Crippen LogP) is 15.9. The van der Waals surface area contributed by atoms with Crippen molar-refractivity contribution < 1.29 is 0 Å². The van der Waals surface area contributed by atoms with Crippen LogP contribution < -0.4 is 0 Å². The predicted molar refractivity (Wildman–Crippen MR) is 256 cm³/mol. The van der Waals surface area contributed by atoms with Gasteiger partial charge >= 0.3 is 0 Å². The highest BCUT2D eigenvalue weighted by Crippen LogP contribution is 2.43. The van der Waals surface area contributed by atoms with E-state index >= 15 is 0 Å². The Kier molecular flexibility index (Phi) is 9.36. The quantitative estimate of drug-likeness (QED) is 0.182. The highest BCUT2D eigenvalue weighted by molar-refractivity contribution is 6.13. The minimum atomic E-state index is -0.108. The number of rotatable bonds is 3. The molecule has 0 amide bonds. The number of hydrogen-bond donors (Lipinski definition) is 1. The average Bonchev–Trinajstić information content (AvgIpc) is 3.53. The second-order valence-electron chi connectivity index (χ2n) is 22.3. The molecule has 0 saturated heterocycles. The summed E-state index contributed by atoms with van der Waals surface area (Å²) in [5.41, 5.74) is 16.2. The van der Waals surface area contributed by atoms with Crippen LogP contribution >= 0.6 is 0 Å². The molecule has 0 aliphatic rings. The molecule has 0 spiro atoms. The molecule has 8 aromatic rings.